The highest BCUT2D eigenvalue weighted by molar-refractivity contribution is 14.1. The Bertz CT molecular complexity index is 306. The summed E-state index contributed by atoms with van der Waals surface area (Å²) in [6.45, 7) is 8.19. The average Bonchev–Trinajstić information content (AvgIpc) is 2.19. The van der Waals surface area contributed by atoms with Crippen LogP contribution in [0.2, 0.25) is 25.7 Å². The zero-order valence-electron chi connectivity index (χ0n) is 10.1. The molecule has 0 atom stereocenters. The molecule has 1 aromatic carbocycles. The SMILES string of the molecule is C[Si](C)(C)CCOCOc1ccc(I)cc1. The highest BCUT2D eigenvalue weighted by Crippen LogP contribution is 2.13. The highest BCUT2D eigenvalue weighted by Gasteiger charge is 2.11. The van der Waals surface area contributed by atoms with Crippen molar-refractivity contribution in [2.75, 3.05) is 13.4 Å². The number of halogens is 1. The summed E-state index contributed by atoms with van der Waals surface area (Å²) in [6, 6.07) is 9.16. The lowest BCUT2D eigenvalue weighted by Gasteiger charge is -2.15. The molecule has 0 fully saturated rings. The van der Waals surface area contributed by atoms with Gasteiger partial charge in [-0.05, 0) is 52.9 Å². The predicted molar refractivity (Wildman–Crippen MR) is 78.8 cm³/mol. The molecule has 90 valence electrons. The fourth-order valence-electron chi connectivity index (χ4n) is 1.08. The number of hydrogen-bond acceptors (Lipinski definition) is 2. The van der Waals surface area contributed by atoms with E-state index in [-0.39, 0.29) is 0 Å². The third kappa shape index (κ3) is 6.50. The van der Waals surface area contributed by atoms with Crippen LogP contribution in [0.3, 0.4) is 0 Å². The summed E-state index contributed by atoms with van der Waals surface area (Å²) >= 11 is 2.27. The van der Waals surface area contributed by atoms with Gasteiger partial charge in [0.15, 0.2) is 6.79 Å². The van der Waals surface area contributed by atoms with E-state index in [9.17, 15) is 0 Å². The number of hydrogen-bond donors (Lipinski definition) is 0. The van der Waals surface area contributed by atoms with Gasteiger partial charge in [-0.2, -0.15) is 0 Å². The summed E-state index contributed by atoms with van der Waals surface area (Å²) in [4.78, 5) is 0. The Morgan fingerprint density at radius 3 is 2.31 bits per heavy atom. The molecule has 0 saturated heterocycles. The van der Waals surface area contributed by atoms with Gasteiger partial charge in [0.05, 0.1) is 0 Å². The van der Waals surface area contributed by atoms with Crippen LogP contribution in [-0.4, -0.2) is 21.5 Å². The Morgan fingerprint density at radius 2 is 1.75 bits per heavy atom. The molecule has 16 heavy (non-hydrogen) atoms. The van der Waals surface area contributed by atoms with Gasteiger partial charge in [0.1, 0.15) is 5.75 Å². The first-order valence-corrected chi connectivity index (χ1v) is 10.2. The van der Waals surface area contributed by atoms with Crippen molar-refractivity contribution in [2.45, 2.75) is 25.7 Å². The molecule has 1 aromatic rings. The Morgan fingerprint density at radius 1 is 1.12 bits per heavy atom. The molecular weight excluding hydrogens is 331 g/mol. The maximum atomic E-state index is 5.47. The van der Waals surface area contributed by atoms with Crippen LogP contribution < -0.4 is 4.74 Å². The quantitative estimate of drug-likeness (QED) is 0.334. The molecule has 1 rings (SSSR count). The summed E-state index contributed by atoms with van der Waals surface area (Å²) < 4.78 is 12.1. The Hall–Kier alpha value is -0.0731. The van der Waals surface area contributed by atoms with Gasteiger partial charge in [-0.25, -0.2) is 0 Å². The molecule has 2 nitrogen and oxygen atoms in total. The molecule has 0 aromatic heterocycles. The Balaban J connectivity index is 2.14. The van der Waals surface area contributed by atoms with E-state index < -0.39 is 8.07 Å². The van der Waals surface area contributed by atoms with Gasteiger partial charge < -0.3 is 9.47 Å². The van der Waals surface area contributed by atoms with Crippen LogP contribution in [0.1, 0.15) is 0 Å². The summed E-state index contributed by atoms with van der Waals surface area (Å²) in [5.74, 6) is 0.869. The fourth-order valence-corrected chi connectivity index (χ4v) is 2.19. The first-order valence-electron chi connectivity index (χ1n) is 5.43. The third-order valence-electron chi connectivity index (χ3n) is 2.12. The van der Waals surface area contributed by atoms with E-state index in [0.29, 0.717) is 6.79 Å². The summed E-state index contributed by atoms with van der Waals surface area (Å²) in [5, 5.41) is 0. The summed E-state index contributed by atoms with van der Waals surface area (Å²) in [6.07, 6.45) is 0. The molecule has 0 aliphatic heterocycles. The van der Waals surface area contributed by atoms with Gasteiger partial charge in [0.2, 0.25) is 0 Å². The molecule has 0 aliphatic rings. The second-order valence-electron chi connectivity index (χ2n) is 4.94. The molecule has 0 N–H and O–H groups in total. The molecule has 0 amide bonds. The number of ether oxygens (including phenoxy) is 2. The van der Waals surface area contributed by atoms with Crippen LogP contribution >= 0.6 is 22.6 Å². The minimum Gasteiger partial charge on any atom is -0.468 e. The minimum absolute atomic E-state index is 0.352. The van der Waals surface area contributed by atoms with Crippen LogP contribution in [0.5, 0.6) is 5.75 Å². The zero-order chi connectivity index (χ0) is 12.0. The van der Waals surface area contributed by atoms with E-state index in [4.69, 9.17) is 9.47 Å². The van der Waals surface area contributed by atoms with Gasteiger partial charge >= 0.3 is 0 Å². The first kappa shape index (κ1) is 14.0. The molecule has 0 spiro atoms. The van der Waals surface area contributed by atoms with Crippen LogP contribution in [-0.2, 0) is 4.74 Å². The lowest BCUT2D eigenvalue weighted by Crippen LogP contribution is -2.22. The summed E-state index contributed by atoms with van der Waals surface area (Å²) in [7, 11) is -0.975. The average molecular weight is 350 g/mol. The molecular formula is C12H19IO2Si. The smallest absolute Gasteiger partial charge is 0.189 e. The van der Waals surface area contributed by atoms with Gasteiger partial charge in [-0.15, -0.1) is 0 Å². The monoisotopic (exact) mass is 350 g/mol. The normalized spacial score (nSPS) is 11.5. The maximum absolute atomic E-state index is 5.47. The second-order valence-corrected chi connectivity index (χ2v) is 11.8. The fraction of sp³-hybridized carbons (Fsp3) is 0.500. The third-order valence-corrected chi connectivity index (χ3v) is 4.54. The molecule has 0 unspecified atom stereocenters. The van der Waals surface area contributed by atoms with Crippen molar-refractivity contribution in [3.05, 3.63) is 27.8 Å². The van der Waals surface area contributed by atoms with Crippen molar-refractivity contribution in [1.82, 2.24) is 0 Å². The summed E-state index contributed by atoms with van der Waals surface area (Å²) in [5.41, 5.74) is 0. The van der Waals surface area contributed by atoms with Crippen molar-refractivity contribution >= 4 is 30.7 Å². The van der Waals surface area contributed by atoms with E-state index in [0.717, 1.165) is 12.4 Å². The van der Waals surface area contributed by atoms with Crippen molar-refractivity contribution < 1.29 is 9.47 Å². The molecule has 0 bridgehead atoms. The van der Waals surface area contributed by atoms with Crippen molar-refractivity contribution in [2.24, 2.45) is 0 Å². The molecule has 0 saturated carbocycles. The zero-order valence-corrected chi connectivity index (χ0v) is 13.3. The topological polar surface area (TPSA) is 18.5 Å². The van der Waals surface area contributed by atoms with Gasteiger partial charge in [-0.3, -0.25) is 0 Å². The number of rotatable bonds is 6. The predicted octanol–water partition coefficient (Wildman–Crippen LogP) is 3.98. The van der Waals surface area contributed by atoms with Crippen molar-refractivity contribution in [3.8, 4) is 5.75 Å². The van der Waals surface area contributed by atoms with Crippen LogP contribution in [0.25, 0.3) is 0 Å². The van der Waals surface area contributed by atoms with Crippen molar-refractivity contribution in [1.29, 1.82) is 0 Å². The highest BCUT2D eigenvalue weighted by atomic mass is 127. The van der Waals surface area contributed by atoms with E-state index in [1.165, 1.54) is 9.61 Å². The van der Waals surface area contributed by atoms with Gasteiger partial charge in [-0.1, -0.05) is 19.6 Å². The maximum Gasteiger partial charge on any atom is 0.189 e. The van der Waals surface area contributed by atoms with E-state index in [2.05, 4.69) is 42.2 Å². The van der Waals surface area contributed by atoms with Crippen molar-refractivity contribution in [3.63, 3.8) is 0 Å². The number of benzene rings is 1. The van der Waals surface area contributed by atoms with E-state index >= 15 is 0 Å². The lowest BCUT2D eigenvalue weighted by molar-refractivity contribution is 0.0220. The Labute approximate surface area is 112 Å². The van der Waals surface area contributed by atoms with Gasteiger partial charge in [0.25, 0.3) is 0 Å². The molecule has 4 heteroatoms. The van der Waals surface area contributed by atoms with E-state index in [1.54, 1.807) is 0 Å². The largest absolute Gasteiger partial charge is 0.468 e. The first-order chi connectivity index (χ1) is 7.47. The second kappa shape index (κ2) is 6.61. The van der Waals surface area contributed by atoms with Gasteiger partial charge in [0, 0.05) is 18.3 Å². The Kier molecular flexibility index (Phi) is 5.78. The standard InChI is InChI=1S/C12H19IO2Si/c1-16(2,3)9-8-14-10-15-12-6-4-11(13)5-7-12/h4-7H,8-10H2,1-3H3. The minimum atomic E-state index is -0.975. The molecule has 0 aliphatic carbocycles. The molecule has 0 heterocycles. The van der Waals surface area contributed by atoms with Crippen LogP contribution in [0.15, 0.2) is 24.3 Å². The van der Waals surface area contributed by atoms with Crippen LogP contribution in [0.4, 0.5) is 0 Å². The van der Waals surface area contributed by atoms with Crippen LogP contribution in [0, 0.1) is 3.57 Å². The lowest BCUT2D eigenvalue weighted by atomic mass is 10.3. The van der Waals surface area contributed by atoms with E-state index in [1.807, 2.05) is 24.3 Å². The molecule has 0 radical (unpaired) electrons.